The van der Waals surface area contributed by atoms with Gasteiger partial charge < -0.3 is 14.4 Å². The van der Waals surface area contributed by atoms with Gasteiger partial charge in [-0.2, -0.15) is 0 Å². The standard InChI is InChI=1S/C17H18FNO3/c1-19(2)14-9-7-13(8-10-14)17(20)22-12-11-21-16-6-4-3-5-15(16)18/h3-10H,11-12H2,1-2H3. The topological polar surface area (TPSA) is 38.8 Å². The Morgan fingerprint density at radius 1 is 1.05 bits per heavy atom. The van der Waals surface area contributed by atoms with Gasteiger partial charge in [0.15, 0.2) is 11.6 Å². The van der Waals surface area contributed by atoms with Crippen molar-refractivity contribution in [1.82, 2.24) is 0 Å². The Hall–Kier alpha value is -2.56. The van der Waals surface area contributed by atoms with Crippen LogP contribution >= 0.6 is 0 Å². The highest BCUT2D eigenvalue weighted by atomic mass is 19.1. The molecule has 5 heteroatoms. The largest absolute Gasteiger partial charge is 0.487 e. The van der Waals surface area contributed by atoms with Gasteiger partial charge in [-0.3, -0.25) is 0 Å². The highest BCUT2D eigenvalue weighted by Gasteiger charge is 2.08. The lowest BCUT2D eigenvalue weighted by Gasteiger charge is -2.12. The summed E-state index contributed by atoms with van der Waals surface area (Å²) in [7, 11) is 3.85. The minimum Gasteiger partial charge on any atom is -0.487 e. The Bertz CT molecular complexity index is 626. The van der Waals surface area contributed by atoms with Gasteiger partial charge in [0, 0.05) is 19.8 Å². The molecule has 0 fully saturated rings. The minimum atomic E-state index is -0.437. The van der Waals surface area contributed by atoms with Crippen LogP contribution in [0.2, 0.25) is 0 Å². The minimum absolute atomic E-state index is 0.0581. The number of halogens is 1. The maximum absolute atomic E-state index is 13.3. The first kappa shape index (κ1) is 15.8. The van der Waals surface area contributed by atoms with E-state index >= 15 is 0 Å². The summed E-state index contributed by atoms with van der Waals surface area (Å²) in [5.41, 5.74) is 1.47. The second kappa shape index (κ2) is 7.45. The highest BCUT2D eigenvalue weighted by Crippen LogP contribution is 2.15. The first-order chi connectivity index (χ1) is 10.6. The number of anilines is 1. The van der Waals surface area contributed by atoms with E-state index in [4.69, 9.17) is 9.47 Å². The Morgan fingerprint density at radius 2 is 1.73 bits per heavy atom. The molecular formula is C17H18FNO3. The molecule has 0 bridgehead atoms. The molecule has 2 aromatic carbocycles. The average Bonchev–Trinajstić information content (AvgIpc) is 2.53. The van der Waals surface area contributed by atoms with Crippen molar-refractivity contribution in [3.63, 3.8) is 0 Å². The molecule has 0 unspecified atom stereocenters. The van der Waals surface area contributed by atoms with E-state index in [9.17, 15) is 9.18 Å². The molecule has 0 aliphatic rings. The molecule has 0 saturated carbocycles. The molecular weight excluding hydrogens is 285 g/mol. The molecule has 4 nitrogen and oxygen atoms in total. The van der Waals surface area contributed by atoms with Crippen molar-refractivity contribution in [2.45, 2.75) is 0 Å². The summed E-state index contributed by atoms with van der Waals surface area (Å²) in [6.45, 7) is 0.158. The molecule has 0 heterocycles. The van der Waals surface area contributed by atoms with Crippen LogP contribution in [0.3, 0.4) is 0 Å². The number of hydrogen-bond donors (Lipinski definition) is 0. The fourth-order valence-corrected chi connectivity index (χ4v) is 1.83. The van der Waals surface area contributed by atoms with Crippen LogP contribution in [0.1, 0.15) is 10.4 Å². The van der Waals surface area contributed by atoms with Gasteiger partial charge >= 0.3 is 5.97 Å². The summed E-state index contributed by atoms with van der Waals surface area (Å²) < 4.78 is 23.6. The monoisotopic (exact) mass is 303 g/mol. The van der Waals surface area contributed by atoms with Gasteiger partial charge in [-0.1, -0.05) is 12.1 Å². The predicted octanol–water partition coefficient (Wildman–Crippen LogP) is 3.13. The molecule has 0 N–H and O–H groups in total. The summed E-state index contributed by atoms with van der Waals surface area (Å²) in [6, 6.07) is 13.2. The van der Waals surface area contributed by atoms with Crippen molar-refractivity contribution in [1.29, 1.82) is 0 Å². The molecule has 0 amide bonds. The van der Waals surface area contributed by atoms with Crippen molar-refractivity contribution in [2.75, 3.05) is 32.2 Å². The van der Waals surface area contributed by atoms with Crippen molar-refractivity contribution >= 4 is 11.7 Å². The summed E-state index contributed by atoms with van der Waals surface area (Å²) in [4.78, 5) is 13.8. The maximum Gasteiger partial charge on any atom is 0.338 e. The first-order valence-electron chi connectivity index (χ1n) is 6.90. The summed E-state index contributed by atoms with van der Waals surface area (Å²) in [6.07, 6.45) is 0. The second-order valence-corrected chi connectivity index (χ2v) is 4.86. The highest BCUT2D eigenvalue weighted by molar-refractivity contribution is 5.89. The lowest BCUT2D eigenvalue weighted by Crippen LogP contribution is -2.13. The van der Waals surface area contributed by atoms with Gasteiger partial charge in [0.05, 0.1) is 5.56 Å². The van der Waals surface area contributed by atoms with E-state index in [0.29, 0.717) is 5.56 Å². The predicted molar refractivity (Wildman–Crippen MR) is 82.9 cm³/mol. The second-order valence-electron chi connectivity index (χ2n) is 4.86. The van der Waals surface area contributed by atoms with Crippen LogP contribution in [0.5, 0.6) is 5.75 Å². The van der Waals surface area contributed by atoms with Crippen molar-refractivity contribution in [3.05, 3.63) is 59.9 Å². The lowest BCUT2D eigenvalue weighted by molar-refractivity contribution is 0.0448. The number of nitrogens with zero attached hydrogens (tertiary/aromatic N) is 1. The van der Waals surface area contributed by atoms with Crippen LogP contribution in [-0.2, 0) is 4.74 Å². The molecule has 116 valence electrons. The Labute approximate surface area is 129 Å². The maximum atomic E-state index is 13.3. The van der Waals surface area contributed by atoms with Crippen LogP contribution in [0.4, 0.5) is 10.1 Å². The number of rotatable bonds is 6. The van der Waals surface area contributed by atoms with Gasteiger partial charge in [-0.05, 0) is 36.4 Å². The Kier molecular flexibility index (Phi) is 5.36. The smallest absolute Gasteiger partial charge is 0.338 e. The van der Waals surface area contributed by atoms with Crippen LogP contribution in [0.25, 0.3) is 0 Å². The average molecular weight is 303 g/mol. The van der Waals surface area contributed by atoms with Crippen molar-refractivity contribution < 1.29 is 18.7 Å². The lowest BCUT2D eigenvalue weighted by atomic mass is 10.2. The van der Waals surface area contributed by atoms with Crippen LogP contribution < -0.4 is 9.64 Å². The van der Waals surface area contributed by atoms with E-state index in [2.05, 4.69) is 0 Å². The normalized spacial score (nSPS) is 10.1. The number of carbonyl (C=O) groups is 1. The number of ether oxygens (including phenoxy) is 2. The van der Waals surface area contributed by atoms with E-state index in [1.54, 1.807) is 24.3 Å². The first-order valence-corrected chi connectivity index (χ1v) is 6.90. The molecule has 0 aliphatic heterocycles. The third-order valence-electron chi connectivity index (χ3n) is 3.03. The van der Waals surface area contributed by atoms with Crippen LogP contribution in [0.15, 0.2) is 48.5 Å². The van der Waals surface area contributed by atoms with Gasteiger partial charge in [-0.15, -0.1) is 0 Å². The summed E-state index contributed by atoms with van der Waals surface area (Å²) in [5, 5.41) is 0. The van der Waals surface area contributed by atoms with E-state index in [0.717, 1.165) is 5.69 Å². The molecule has 0 atom stereocenters. The number of carbonyl (C=O) groups excluding carboxylic acids is 1. The Morgan fingerprint density at radius 3 is 2.36 bits per heavy atom. The van der Waals surface area contributed by atoms with Gasteiger partial charge in [-0.25, -0.2) is 9.18 Å². The molecule has 22 heavy (non-hydrogen) atoms. The number of esters is 1. The third-order valence-corrected chi connectivity index (χ3v) is 3.03. The van der Waals surface area contributed by atoms with E-state index in [1.807, 2.05) is 31.1 Å². The zero-order chi connectivity index (χ0) is 15.9. The van der Waals surface area contributed by atoms with Gasteiger partial charge in [0.25, 0.3) is 0 Å². The fourth-order valence-electron chi connectivity index (χ4n) is 1.83. The molecule has 2 aromatic rings. The number of para-hydroxylation sites is 1. The fraction of sp³-hybridized carbons (Fsp3) is 0.235. The summed E-state index contributed by atoms with van der Waals surface area (Å²) in [5.74, 6) is -0.718. The Balaban J connectivity index is 1.79. The molecule has 0 spiro atoms. The van der Waals surface area contributed by atoms with Gasteiger partial charge in [0.1, 0.15) is 13.2 Å². The van der Waals surface area contributed by atoms with E-state index in [-0.39, 0.29) is 19.0 Å². The summed E-state index contributed by atoms with van der Waals surface area (Å²) >= 11 is 0. The quantitative estimate of drug-likeness (QED) is 0.607. The van der Waals surface area contributed by atoms with Crippen molar-refractivity contribution in [3.8, 4) is 5.75 Å². The molecule has 0 aliphatic carbocycles. The number of benzene rings is 2. The van der Waals surface area contributed by atoms with Crippen molar-refractivity contribution in [2.24, 2.45) is 0 Å². The number of hydrogen-bond acceptors (Lipinski definition) is 4. The molecule has 0 radical (unpaired) electrons. The van der Waals surface area contributed by atoms with Crippen LogP contribution in [0, 0.1) is 5.82 Å². The van der Waals surface area contributed by atoms with Crippen LogP contribution in [-0.4, -0.2) is 33.3 Å². The SMILES string of the molecule is CN(C)c1ccc(C(=O)OCCOc2ccccc2F)cc1. The molecule has 0 saturated heterocycles. The van der Waals surface area contributed by atoms with E-state index in [1.165, 1.54) is 12.1 Å². The molecule has 0 aromatic heterocycles. The third kappa shape index (κ3) is 4.22. The van der Waals surface area contributed by atoms with Gasteiger partial charge in [0.2, 0.25) is 0 Å². The van der Waals surface area contributed by atoms with E-state index < -0.39 is 11.8 Å². The zero-order valence-electron chi connectivity index (χ0n) is 12.6. The molecule has 2 rings (SSSR count). The zero-order valence-corrected chi connectivity index (χ0v) is 12.6.